The summed E-state index contributed by atoms with van der Waals surface area (Å²) in [6.07, 6.45) is 3.48. The Morgan fingerprint density at radius 1 is 1.17 bits per heavy atom. The summed E-state index contributed by atoms with van der Waals surface area (Å²) in [5, 5.41) is 0.951. The zero-order valence-electron chi connectivity index (χ0n) is 11.4. The van der Waals surface area contributed by atoms with Gasteiger partial charge in [0.2, 0.25) is 0 Å². The Morgan fingerprint density at radius 3 is 2.74 bits per heavy atom. The van der Waals surface area contributed by atoms with Crippen molar-refractivity contribution < 1.29 is 4.74 Å². The maximum Gasteiger partial charge on any atom is 0.323 e. The molecule has 0 spiro atoms. The zero-order chi connectivity index (χ0) is 15.8. The number of nitrogens with one attached hydrogen (secondary N) is 1. The topological polar surface area (TPSA) is 67.9 Å². The maximum absolute atomic E-state index is 11.3. The normalized spacial score (nSPS) is 11.0. The van der Waals surface area contributed by atoms with E-state index in [1.807, 2.05) is 30.3 Å². The summed E-state index contributed by atoms with van der Waals surface area (Å²) in [4.78, 5) is 19.0. The monoisotopic (exact) mass is 453 g/mol. The number of benzene rings is 1. The summed E-state index contributed by atoms with van der Waals surface area (Å²) in [7, 11) is 0. The molecule has 0 aliphatic carbocycles. The second-order valence-corrected chi connectivity index (χ2v) is 7.73. The van der Waals surface area contributed by atoms with Gasteiger partial charge in [0.25, 0.3) is 0 Å². The zero-order valence-corrected chi connectivity index (χ0v) is 15.2. The number of H-pyrrole nitrogens is 1. The molecule has 1 N–H and O–H groups in total. The molecule has 0 fully saturated rings. The van der Waals surface area contributed by atoms with Gasteiger partial charge in [-0.15, -0.1) is 11.3 Å². The van der Waals surface area contributed by atoms with Gasteiger partial charge in [-0.3, -0.25) is 14.8 Å². The van der Waals surface area contributed by atoms with Gasteiger partial charge in [-0.05, 0) is 52.9 Å². The number of rotatable bonds is 3. The lowest BCUT2D eigenvalue weighted by Crippen LogP contribution is -1.91. The number of ether oxygens (including phenoxy) is 1. The van der Waals surface area contributed by atoms with E-state index in [1.54, 1.807) is 12.4 Å². The van der Waals surface area contributed by atoms with Crippen molar-refractivity contribution in [1.29, 1.82) is 0 Å². The number of nitrogens with zero attached hydrogens (tertiary/aromatic N) is 2. The molecule has 0 bridgehead atoms. The molecule has 0 radical (unpaired) electrons. The SMILES string of the molecule is O=c1[nH]c(-c2cc3c(Oc4ccc(I)cc4)cncc3s2)ns1. The first-order valence-electron chi connectivity index (χ1n) is 6.56. The van der Waals surface area contributed by atoms with E-state index in [0.717, 1.165) is 35.8 Å². The Labute approximate surface area is 152 Å². The van der Waals surface area contributed by atoms with Crippen molar-refractivity contribution in [1.82, 2.24) is 14.3 Å². The van der Waals surface area contributed by atoms with Gasteiger partial charge >= 0.3 is 4.87 Å². The van der Waals surface area contributed by atoms with Crippen LogP contribution in [0.4, 0.5) is 0 Å². The standard InChI is InChI=1S/C15H8IN3O2S2/c16-8-1-3-9(4-2-8)21-11-6-17-7-13-10(11)5-12(22-13)14-18-15(20)23-19-14/h1-7H,(H,18,19,20). The minimum Gasteiger partial charge on any atom is -0.455 e. The van der Waals surface area contributed by atoms with E-state index in [9.17, 15) is 4.79 Å². The predicted molar refractivity (Wildman–Crippen MR) is 101 cm³/mol. The van der Waals surface area contributed by atoms with Gasteiger partial charge in [-0.25, -0.2) is 0 Å². The van der Waals surface area contributed by atoms with Crippen molar-refractivity contribution in [2.45, 2.75) is 0 Å². The first-order valence-corrected chi connectivity index (χ1v) is 9.23. The minimum absolute atomic E-state index is 0.161. The van der Waals surface area contributed by atoms with Gasteiger partial charge in [0, 0.05) is 26.7 Å². The fourth-order valence-electron chi connectivity index (χ4n) is 2.10. The number of hydrogen-bond donors (Lipinski definition) is 1. The summed E-state index contributed by atoms with van der Waals surface area (Å²) in [5.41, 5.74) is 0. The second-order valence-electron chi connectivity index (χ2n) is 4.66. The van der Waals surface area contributed by atoms with Gasteiger partial charge in [-0.1, -0.05) is 0 Å². The highest BCUT2D eigenvalue weighted by molar-refractivity contribution is 14.1. The maximum atomic E-state index is 11.3. The lowest BCUT2D eigenvalue weighted by molar-refractivity contribution is 0.486. The number of aromatic amines is 1. The Bertz CT molecular complexity index is 1040. The molecule has 4 rings (SSSR count). The first-order chi connectivity index (χ1) is 11.2. The Morgan fingerprint density at radius 2 is 2.00 bits per heavy atom. The van der Waals surface area contributed by atoms with Gasteiger partial charge in [0.05, 0.1) is 15.8 Å². The van der Waals surface area contributed by atoms with Gasteiger partial charge in [-0.2, -0.15) is 4.37 Å². The molecule has 5 nitrogen and oxygen atoms in total. The van der Waals surface area contributed by atoms with Crippen molar-refractivity contribution in [3.8, 4) is 22.2 Å². The Kier molecular flexibility index (Phi) is 3.87. The van der Waals surface area contributed by atoms with Crippen LogP contribution in [0, 0.1) is 3.57 Å². The highest BCUT2D eigenvalue weighted by Gasteiger charge is 2.12. The fraction of sp³-hybridized carbons (Fsp3) is 0. The number of pyridine rings is 1. The van der Waals surface area contributed by atoms with Crippen molar-refractivity contribution in [3.63, 3.8) is 0 Å². The largest absolute Gasteiger partial charge is 0.455 e. The number of aromatic nitrogens is 3. The molecule has 8 heteroatoms. The third-order valence-corrected chi connectivity index (χ3v) is 5.46. The summed E-state index contributed by atoms with van der Waals surface area (Å²) < 4.78 is 12.2. The predicted octanol–water partition coefficient (Wildman–Crippen LogP) is 4.51. The van der Waals surface area contributed by atoms with Gasteiger partial charge in [0.1, 0.15) is 5.75 Å². The number of hydrogen-bond acceptors (Lipinski definition) is 6. The van der Waals surface area contributed by atoms with E-state index in [2.05, 4.69) is 36.9 Å². The smallest absolute Gasteiger partial charge is 0.323 e. The lowest BCUT2D eigenvalue weighted by Gasteiger charge is -2.06. The van der Waals surface area contributed by atoms with Crippen LogP contribution >= 0.6 is 45.5 Å². The molecule has 0 saturated carbocycles. The number of fused-ring (bicyclic) bond motifs is 1. The summed E-state index contributed by atoms with van der Waals surface area (Å²) in [6.45, 7) is 0. The van der Waals surface area contributed by atoms with Gasteiger partial charge < -0.3 is 4.74 Å². The van der Waals surface area contributed by atoms with Crippen molar-refractivity contribution >= 4 is 55.5 Å². The van der Waals surface area contributed by atoms with Crippen LogP contribution < -0.4 is 9.61 Å². The molecule has 0 aliphatic rings. The van der Waals surface area contributed by atoms with Crippen molar-refractivity contribution in [2.75, 3.05) is 0 Å². The molecular formula is C15H8IN3O2S2. The summed E-state index contributed by atoms with van der Waals surface area (Å²) in [6, 6.07) is 9.79. The molecule has 0 aliphatic heterocycles. The molecular weight excluding hydrogens is 445 g/mol. The first kappa shape index (κ1) is 14.8. The van der Waals surface area contributed by atoms with E-state index < -0.39 is 0 Å². The number of thiophene rings is 1. The molecule has 3 heterocycles. The third kappa shape index (κ3) is 3.01. The third-order valence-electron chi connectivity index (χ3n) is 3.12. The number of halogens is 1. The molecule has 0 saturated heterocycles. The Balaban J connectivity index is 1.76. The van der Waals surface area contributed by atoms with Crippen LogP contribution in [0.15, 0.2) is 47.5 Å². The van der Waals surface area contributed by atoms with Crippen LogP contribution in [0.3, 0.4) is 0 Å². The summed E-state index contributed by atoms with van der Waals surface area (Å²) >= 11 is 4.69. The average Bonchev–Trinajstić information content (AvgIpc) is 3.16. The molecule has 0 unspecified atom stereocenters. The molecule has 0 amide bonds. The van der Waals surface area contributed by atoms with Crippen LogP contribution in [0.25, 0.3) is 20.8 Å². The van der Waals surface area contributed by atoms with Gasteiger partial charge in [0.15, 0.2) is 11.6 Å². The van der Waals surface area contributed by atoms with E-state index in [0.29, 0.717) is 11.6 Å². The molecule has 3 aromatic heterocycles. The highest BCUT2D eigenvalue weighted by Crippen LogP contribution is 2.37. The van der Waals surface area contributed by atoms with Crippen LogP contribution in [0.5, 0.6) is 11.5 Å². The van der Waals surface area contributed by atoms with E-state index in [-0.39, 0.29) is 4.87 Å². The van der Waals surface area contributed by atoms with E-state index in [1.165, 1.54) is 11.3 Å². The van der Waals surface area contributed by atoms with Crippen LogP contribution in [0.2, 0.25) is 0 Å². The molecule has 114 valence electrons. The van der Waals surface area contributed by atoms with E-state index in [4.69, 9.17) is 4.74 Å². The average molecular weight is 453 g/mol. The lowest BCUT2D eigenvalue weighted by atomic mass is 10.3. The van der Waals surface area contributed by atoms with Crippen molar-refractivity contribution in [2.24, 2.45) is 0 Å². The van der Waals surface area contributed by atoms with Crippen LogP contribution in [-0.4, -0.2) is 14.3 Å². The van der Waals surface area contributed by atoms with Crippen LogP contribution in [0.1, 0.15) is 0 Å². The highest BCUT2D eigenvalue weighted by atomic mass is 127. The quantitative estimate of drug-likeness (QED) is 0.464. The van der Waals surface area contributed by atoms with Crippen molar-refractivity contribution in [3.05, 3.63) is 56.0 Å². The molecule has 1 aromatic carbocycles. The molecule has 4 aromatic rings. The summed E-state index contributed by atoms with van der Waals surface area (Å²) in [5.74, 6) is 2.03. The molecule has 23 heavy (non-hydrogen) atoms. The second kappa shape index (κ2) is 6.02. The van der Waals surface area contributed by atoms with E-state index >= 15 is 0 Å². The molecule has 0 atom stereocenters. The van der Waals surface area contributed by atoms with Crippen LogP contribution in [-0.2, 0) is 0 Å². The Hall–Kier alpha value is -1.78. The minimum atomic E-state index is -0.161. The fourth-order valence-corrected chi connectivity index (χ4v) is 3.97.